The first-order chi connectivity index (χ1) is 8.01. The van der Waals surface area contributed by atoms with Gasteiger partial charge in [-0.15, -0.1) is 0 Å². The minimum atomic E-state index is -4.11. The number of hydrogen-bond acceptors (Lipinski definition) is 2. The Morgan fingerprint density at radius 1 is 1.06 bits per heavy atom. The fourth-order valence-corrected chi connectivity index (χ4v) is 1.58. The van der Waals surface area contributed by atoms with Crippen LogP contribution in [0, 0.1) is 0 Å². The molecule has 2 nitrogen and oxygen atoms in total. The number of nitrogens with zero attached hydrogens (tertiary/aromatic N) is 1. The van der Waals surface area contributed by atoms with Crippen LogP contribution in [-0.4, -0.2) is 30.7 Å². The lowest BCUT2D eigenvalue weighted by atomic mass is 10.2. The van der Waals surface area contributed by atoms with Gasteiger partial charge in [0.15, 0.2) is 0 Å². The Bertz CT molecular complexity index is 311. The third kappa shape index (κ3) is 6.28. The van der Waals surface area contributed by atoms with Gasteiger partial charge in [0.25, 0.3) is 0 Å². The average Bonchev–Trinajstić information content (AvgIpc) is 2.27. The Morgan fingerprint density at radius 3 is 2.24 bits per heavy atom. The van der Waals surface area contributed by atoms with Crippen molar-refractivity contribution in [3.05, 3.63) is 35.9 Å². The quantitative estimate of drug-likeness (QED) is 0.835. The molecule has 0 aliphatic carbocycles. The molecule has 0 saturated carbocycles. The van der Waals surface area contributed by atoms with Crippen LogP contribution < -0.4 is 5.73 Å². The first-order valence-corrected chi connectivity index (χ1v) is 5.54. The van der Waals surface area contributed by atoms with Crippen molar-refractivity contribution in [3.8, 4) is 0 Å². The van der Waals surface area contributed by atoms with Gasteiger partial charge in [-0.1, -0.05) is 30.3 Å². The lowest BCUT2D eigenvalue weighted by Gasteiger charge is -2.22. The summed E-state index contributed by atoms with van der Waals surface area (Å²) in [6, 6.07) is 9.43. The SMILES string of the molecule is NCCN(CCC(F)(F)F)Cc1ccccc1. The van der Waals surface area contributed by atoms with Gasteiger partial charge in [-0.2, -0.15) is 13.2 Å². The van der Waals surface area contributed by atoms with Crippen LogP contribution in [0.4, 0.5) is 13.2 Å². The van der Waals surface area contributed by atoms with Gasteiger partial charge in [0.05, 0.1) is 6.42 Å². The van der Waals surface area contributed by atoms with Crippen LogP contribution in [0.5, 0.6) is 0 Å². The molecule has 0 spiro atoms. The van der Waals surface area contributed by atoms with Crippen molar-refractivity contribution >= 4 is 0 Å². The molecular formula is C12H17F3N2. The second-order valence-corrected chi connectivity index (χ2v) is 3.92. The Kier molecular flexibility index (Phi) is 5.44. The zero-order chi connectivity index (χ0) is 12.7. The van der Waals surface area contributed by atoms with Crippen molar-refractivity contribution in [2.24, 2.45) is 5.73 Å². The average molecular weight is 246 g/mol. The van der Waals surface area contributed by atoms with Crippen molar-refractivity contribution in [2.45, 2.75) is 19.1 Å². The van der Waals surface area contributed by atoms with E-state index in [9.17, 15) is 13.2 Å². The fourth-order valence-electron chi connectivity index (χ4n) is 1.58. The molecule has 1 aromatic rings. The van der Waals surface area contributed by atoms with Crippen LogP contribution in [0.2, 0.25) is 0 Å². The van der Waals surface area contributed by atoms with Crippen LogP contribution in [0.15, 0.2) is 30.3 Å². The molecule has 0 amide bonds. The molecule has 1 rings (SSSR count). The molecule has 0 saturated heterocycles. The van der Waals surface area contributed by atoms with E-state index in [-0.39, 0.29) is 6.54 Å². The second kappa shape index (κ2) is 6.61. The highest BCUT2D eigenvalue weighted by Crippen LogP contribution is 2.20. The van der Waals surface area contributed by atoms with Crippen molar-refractivity contribution in [1.29, 1.82) is 0 Å². The maximum absolute atomic E-state index is 12.1. The van der Waals surface area contributed by atoms with Gasteiger partial charge in [-0.25, -0.2) is 0 Å². The molecule has 0 aliphatic rings. The van der Waals surface area contributed by atoms with Crippen LogP contribution >= 0.6 is 0 Å². The predicted molar refractivity (Wildman–Crippen MR) is 61.4 cm³/mol. The Hall–Kier alpha value is -1.07. The normalized spacial score (nSPS) is 12.1. The lowest BCUT2D eigenvalue weighted by Crippen LogP contribution is -2.32. The zero-order valence-electron chi connectivity index (χ0n) is 9.58. The van der Waals surface area contributed by atoms with Crippen molar-refractivity contribution in [1.82, 2.24) is 4.90 Å². The zero-order valence-corrected chi connectivity index (χ0v) is 9.58. The minimum Gasteiger partial charge on any atom is -0.329 e. The van der Waals surface area contributed by atoms with E-state index in [4.69, 9.17) is 5.73 Å². The molecule has 0 aliphatic heterocycles. The van der Waals surface area contributed by atoms with Crippen molar-refractivity contribution in [3.63, 3.8) is 0 Å². The molecule has 5 heteroatoms. The fraction of sp³-hybridized carbons (Fsp3) is 0.500. The Morgan fingerprint density at radius 2 is 1.71 bits per heavy atom. The highest BCUT2D eigenvalue weighted by atomic mass is 19.4. The molecule has 0 fully saturated rings. The molecule has 17 heavy (non-hydrogen) atoms. The van der Waals surface area contributed by atoms with Crippen LogP contribution in [-0.2, 0) is 6.54 Å². The summed E-state index contributed by atoms with van der Waals surface area (Å²) in [5.41, 5.74) is 6.40. The van der Waals surface area contributed by atoms with Gasteiger partial charge in [-0.05, 0) is 5.56 Å². The standard InChI is InChI=1S/C12H17F3N2/c13-12(14,15)6-8-17(9-7-16)10-11-4-2-1-3-5-11/h1-5H,6-10,16H2. The summed E-state index contributed by atoms with van der Waals surface area (Å²) in [6.07, 6.45) is -4.90. The van der Waals surface area contributed by atoms with Gasteiger partial charge >= 0.3 is 6.18 Å². The molecule has 0 radical (unpaired) electrons. The molecule has 0 bridgehead atoms. The summed E-state index contributed by atoms with van der Waals surface area (Å²) in [5.74, 6) is 0. The number of hydrogen-bond donors (Lipinski definition) is 1. The summed E-state index contributed by atoms with van der Waals surface area (Å²) in [4.78, 5) is 1.73. The first-order valence-electron chi connectivity index (χ1n) is 5.54. The Balaban J connectivity index is 2.49. The summed E-state index contributed by atoms with van der Waals surface area (Å²) in [6.45, 7) is 1.35. The molecule has 0 aromatic heterocycles. The van der Waals surface area contributed by atoms with Crippen LogP contribution in [0.25, 0.3) is 0 Å². The number of benzene rings is 1. The van der Waals surface area contributed by atoms with E-state index in [1.165, 1.54) is 0 Å². The first kappa shape index (κ1) is 14.0. The van der Waals surface area contributed by atoms with Crippen molar-refractivity contribution < 1.29 is 13.2 Å². The smallest absolute Gasteiger partial charge is 0.329 e. The van der Waals surface area contributed by atoms with E-state index in [1.807, 2.05) is 30.3 Å². The molecular weight excluding hydrogens is 229 g/mol. The van der Waals surface area contributed by atoms with Gasteiger partial charge in [-0.3, -0.25) is 4.90 Å². The predicted octanol–water partition coefficient (Wildman–Crippen LogP) is 2.40. The maximum Gasteiger partial charge on any atom is 0.390 e. The van der Waals surface area contributed by atoms with Gasteiger partial charge in [0.1, 0.15) is 0 Å². The number of rotatable bonds is 6. The van der Waals surface area contributed by atoms with E-state index >= 15 is 0 Å². The van der Waals surface area contributed by atoms with E-state index < -0.39 is 12.6 Å². The molecule has 0 unspecified atom stereocenters. The van der Waals surface area contributed by atoms with E-state index in [0.29, 0.717) is 19.6 Å². The highest BCUT2D eigenvalue weighted by molar-refractivity contribution is 5.14. The highest BCUT2D eigenvalue weighted by Gasteiger charge is 2.27. The van der Waals surface area contributed by atoms with E-state index in [0.717, 1.165) is 5.56 Å². The molecule has 1 aromatic carbocycles. The number of alkyl halides is 3. The lowest BCUT2D eigenvalue weighted by molar-refractivity contribution is -0.138. The minimum absolute atomic E-state index is 0.00437. The van der Waals surface area contributed by atoms with Crippen LogP contribution in [0.1, 0.15) is 12.0 Å². The monoisotopic (exact) mass is 246 g/mol. The molecule has 96 valence electrons. The number of nitrogens with two attached hydrogens (primary N) is 1. The van der Waals surface area contributed by atoms with E-state index in [1.54, 1.807) is 4.90 Å². The third-order valence-electron chi connectivity index (χ3n) is 2.41. The van der Waals surface area contributed by atoms with Crippen molar-refractivity contribution in [2.75, 3.05) is 19.6 Å². The summed E-state index contributed by atoms with van der Waals surface area (Å²) in [7, 11) is 0. The maximum atomic E-state index is 12.1. The summed E-state index contributed by atoms with van der Waals surface area (Å²) >= 11 is 0. The summed E-state index contributed by atoms with van der Waals surface area (Å²) < 4.78 is 36.4. The van der Waals surface area contributed by atoms with Gasteiger partial charge in [0.2, 0.25) is 0 Å². The largest absolute Gasteiger partial charge is 0.390 e. The van der Waals surface area contributed by atoms with Gasteiger partial charge < -0.3 is 5.73 Å². The number of halogens is 3. The third-order valence-corrected chi connectivity index (χ3v) is 2.41. The Labute approximate surface area is 99.2 Å². The summed E-state index contributed by atoms with van der Waals surface area (Å²) in [5, 5.41) is 0. The molecule has 2 N–H and O–H groups in total. The van der Waals surface area contributed by atoms with Gasteiger partial charge in [0, 0.05) is 26.2 Å². The second-order valence-electron chi connectivity index (χ2n) is 3.92. The molecule has 0 heterocycles. The molecule has 0 atom stereocenters. The topological polar surface area (TPSA) is 29.3 Å². The van der Waals surface area contributed by atoms with Crippen LogP contribution in [0.3, 0.4) is 0 Å². The van der Waals surface area contributed by atoms with E-state index in [2.05, 4.69) is 0 Å².